The molecule has 0 unspecified atom stereocenters. The minimum Gasteiger partial charge on any atom is -0.286 e. The van der Waals surface area contributed by atoms with E-state index in [0.717, 1.165) is 10.9 Å². The molecule has 0 saturated heterocycles. The van der Waals surface area contributed by atoms with E-state index in [1.54, 1.807) is 12.1 Å². The van der Waals surface area contributed by atoms with Crippen molar-refractivity contribution in [2.45, 2.75) is 19.8 Å². The molecule has 1 aromatic carbocycles. The number of hydrogen-bond acceptors (Lipinski definition) is 3. The van der Waals surface area contributed by atoms with Gasteiger partial charge >= 0.3 is 5.97 Å². The van der Waals surface area contributed by atoms with Gasteiger partial charge in [-0.15, -0.1) is 0 Å². The monoisotopic (exact) mass is 258 g/mol. The van der Waals surface area contributed by atoms with Crippen LogP contribution in [0.1, 0.15) is 19.8 Å². The fraction of sp³-hybridized carbons (Fsp3) is 0.300. The Morgan fingerprint density at radius 2 is 2.14 bits per heavy atom. The van der Waals surface area contributed by atoms with Crippen molar-refractivity contribution in [1.82, 2.24) is 0 Å². The van der Waals surface area contributed by atoms with E-state index in [2.05, 4.69) is 20.8 Å². The molecule has 0 saturated carbocycles. The van der Waals surface area contributed by atoms with Crippen LogP contribution < -0.4 is 4.89 Å². The number of carbonyl (C=O) groups excluding carboxylic acids is 1. The van der Waals surface area contributed by atoms with Crippen LogP contribution in [0.3, 0.4) is 0 Å². The first-order chi connectivity index (χ1) is 6.74. The maximum Gasteiger partial charge on any atom is 0.355 e. The van der Waals surface area contributed by atoms with E-state index in [1.165, 1.54) is 0 Å². The molecule has 0 spiro atoms. The maximum absolute atomic E-state index is 11.0. The van der Waals surface area contributed by atoms with Gasteiger partial charge < -0.3 is 0 Å². The average molecular weight is 259 g/mol. The van der Waals surface area contributed by atoms with Crippen molar-refractivity contribution in [2.75, 3.05) is 0 Å². The number of hydrogen-bond donors (Lipinski definition) is 0. The summed E-state index contributed by atoms with van der Waals surface area (Å²) in [5.74, 6) is 0.139. The van der Waals surface area contributed by atoms with Gasteiger partial charge in [-0.2, -0.15) is 0 Å². The molecule has 0 heterocycles. The molecule has 3 nitrogen and oxygen atoms in total. The molecule has 14 heavy (non-hydrogen) atoms. The van der Waals surface area contributed by atoms with E-state index in [-0.39, 0.29) is 5.97 Å². The Labute approximate surface area is 91.1 Å². The van der Waals surface area contributed by atoms with Crippen molar-refractivity contribution >= 4 is 21.9 Å². The van der Waals surface area contributed by atoms with Gasteiger partial charge in [0.2, 0.25) is 0 Å². The first-order valence-corrected chi connectivity index (χ1v) is 5.15. The molecule has 0 fully saturated rings. The summed E-state index contributed by atoms with van der Waals surface area (Å²) in [7, 11) is 0. The Hall–Kier alpha value is -1.03. The Morgan fingerprint density at radius 1 is 1.43 bits per heavy atom. The van der Waals surface area contributed by atoms with Crippen molar-refractivity contribution in [1.29, 1.82) is 0 Å². The molecule has 0 radical (unpaired) electrons. The molecule has 4 heteroatoms. The summed E-state index contributed by atoms with van der Waals surface area (Å²) in [6.45, 7) is 1.90. The van der Waals surface area contributed by atoms with Crippen molar-refractivity contribution in [3.05, 3.63) is 28.7 Å². The van der Waals surface area contributed by atoms with E-state index in [4.69, 9.17) is 4.89 Å². The largest absolute Gasteiger partial charge is 0.355 e. The lowest BCUT2D eigenvalue weighted by Crippen LogP contribution is -2.07. The van der Waals surface area contributed by atoms with Gasteiger partial charge in [-0.3, -0.25) is 9.78 Å². The summed E-state index contributed by atoms with van der Waals surface area (Å²) in [5, 5.41) is 0. The highest BCUT2D eigenvalue weighted by molar-refractivity contribution is 9.10. The maximum atomic E-state index is 11.0. The van der Waals surface area contributed by atoms with Gasteiger partial charge in [0.25, 0.3) is 0 Å². The zero-order chi connectivity index (χ0) is 10.4. The van der Waals surface area contributed by atoms with Crippen LogP contribution in [0.5, 0.6) is 5.75 Å². The minimum atomic E-state index is -0.358. The van der Waals surface area contributed by atoms with Gasteiger partial charge in [0.15, 0.2) is 5.75 Å². The van der Waals surface area contributed by atoms with E-state index in [1.807, 2.05) is 19.1 Å². The molecule has 0 N–H and O–H groups in total. The average Bonchev–Trinajstić information content (AvgIpc) is 2.17. The van der Waals surface area contributed by atoms with Gasteiger partial charge in [-0.25, -0.2) is 4.79 Å². The fourth-order valence-electron chi connectivity index (χ4n) is 0.849. The molecule has 0 aromatic heterocycles. The Kier molecular flexibility index (Phi) is 4.46. The predicted molar refractivity (Wildman–Crippen MR) is 55.8 cm³/mol. The van der Waals surface area contributed by atoms with E-state index in [9.17, 15) is 4.79 Å². The molecule has 0 aliphatic rings. The zero-order valence-electron chi connectivity index (χ0n) is 7.83. The molecule has 1 aromatic rings. The summed E-state index contributed by atoms with van der Waals surface area (Å²) in [6.07, 6.45) is 1.11. The van der Waals surface area contributed by atoms with Crippen LogP contribution >= 0.6 is 15.9 Å². The van der Waals surface area contributed by atoms with Crippen molar-refractivity contribution in [3.63, 3.8) is 0 Å². The second-order valence-corrected chi connectivity index (χ2v) is 3.57. The van der Waals surface area contributed by atoms with Crippen molar-refractivity contribution in [2.24, 2.45) is 0 Å². The molecule has 1 rings (SSSR count). The predicted octanol–water partition coefficient (Wildman–Crippen LogP) is 3.09. The molecule has 0 bridgehead atoms. The van der Waals surface area contributed by atoms with E-state index in [0.29, 0.717) is 12.2 Å². The summed E-state index contributed by atoms with van der Waals surface area (Å²) in [5.41, 5.74) is 0. The molecule has 76 valence electrons. The van der Waals surface area contributed by atoms with Crippen LogP contribution in [0.25, 0.3) is 0 Å². The molecule has 0 aliphatic heterocycles. The molecule has 0 atom stereocenters. The summed E-state index contributed by atoms with van der Waals surface area (Å²) < 4.78 is 0.754. The third-order valence-electron chi connectivity index (χ3n) is 1.52. The molecular formula is C10H11BrO3. The first kappa shape index (κ1) is 11.0. The van der Waals surface area contributed by atoms with E-state index >= 15 is 0 Å². The second-order valence-electron chi connectivity index (χ2n) is 2.72. The molecular weight excluding hydrogens is 248 g/mol. The van der Waals surface area contributed by atoms with Gasteiger partial charge in [0.1, 0.15) is 0 Å². The number of para-hydroxylation sites is 1. The second kappa shape index (κ2) is 5.65. The highest BCUT2D eigenvalue weighted by Crippen LogP contribution is 2.23. The SMILES string of the molecule is CCCC(=O)OOc1ccccc1Br. The van der Waals surface area contributed by atoms with Gasteiger partial charge in [0, 0.05) is 6.42 Å². The highest BCUT2D eigenvalue weighted by atomic mass is 79.9. The van der Waals surface area contributed by atoms with Gasteiger partial charge in [-0.1, -0.05) is 19.1 Å². The summed E-state index contributed by atoms with van der Waals surface area (Å²) in [6, 6.07) is 7.17. The lowest BCUT2D eigenvalue weighted by atomic mass is 10.3. The number of rotatable bonds is 4. The number of carbonyl (C=O) groups is 1. The quantitative estimate of drug-likeness (QED) is 0.615. The Bertz CT molecular complexity index is 312. The third kappa shape index (κ3) is 3.38. The highest BCUT2D eigenvalue weighted by Gasteiger charge is 2.05. The topological polar surface area (TPSA) is 35.5 Å². The van der Waals surface area contributed by atoms with Crippen molar-refractivity contribution < 1.29 is 14.6 Å². The Morgan fingerprint density at radius 3 is 2.79 bits per heavy atom. The Balaban J connectivity index is 2.46. The smallest absolute Gasteiger partial charge is 0.286 e. The van der Waals surface area contributed by atoms with Crippen LogP contribution in [0.15, 0.2) is 28.7 Å². The first-order valence-electron chi connectivity index (χ1n) is 4.36. The standard InChI is InChI=1S/C10H11BrO3/c1-2-5-10(12)14-13-9-7-4-3-6-8(9)11/h3-4,6-7H,2,5H2,1H3. The minimum absolute atomic E-state index is 0.358. The normalized spacial score (nSPS) is 9.57. The zero-order valence-corrected chi connectivity index (χ0v) is 9.41. The number of halogens is 1. The van der Waals surface area contributed by atoms with Gasteiger partial charge in [-0.05, 0) is 34.5 Å². The van der Waals surface area contributed by atoms with Crippen LogP contribution in [-0.4, -0.2) is 5.97 Å². The lowest BCUT2D eigenvalue weighted by molar-refractivity contribution is -0.214. The van der Waals surface area contributed by atoms with Crippen LogP contribution in [-0.2, 0) is 9.68 Å². The van der Waals surface area contributed by atoms with Crippen LogP contribution in [0.4, 0.5) is 0 Å². The number of benzene rings is 1. The lowest BCUT2D eigenvalue weighted by Gasteiger charge is -2.04. The van der Waals surface area contributed by atoms with Crippen LogP contribution in [0, 0.1) is 0 Å². The van der Waals surface area contributed by atoms with Crippen molar-refractivity contribution in [3.8, 4) is 5.75 Å². The fourth-order valence-corrected chi connectivity index (χ4v) is 1.20. The molecule has 0 aliphatic carbocycles. The summed E-state index contributed by atoms with van der Waals surface area (Å²) >= 11 is 3.27. The van der Waals surface area contributed by atoms with Crippen LogP contribution in [0.2, 0.25) is 0 Å². The summed E-state index contributed by atoms with van der Waals surface area (Å²) in [4.78, 5) is 20.4. The van der Waals surface area contributed by atoms with E-state index < -0.39 is 0 Å². The van der Waals surface area contributed by atoms with Gasteiger partial charge in [0.05, 0.1) is 4.47 Å². The molecule has 0 amide bonds. The third-order valence-corrected chi connectivity index (χ3v) is 2.17.